The lowest BCUT2D eigenvalue weighted by Crippen LogP contribution is -2.02. The monoisotopic (exact) mass is 165 g/mol. The van der Waals surface area contributed by atoms with Crippen LogP contribution < -0.4 is 4.74 Å². The highest BCUT2D eigenvalue weighted by Crippen LogP contribution is 2.16. The van der Waals surface area contributed by atoms with Crippen LogP contribution in [0.4, 0.5) is 0 Å². The van der Waals surface area contributed by atoms with Crippen LogP contribution in [0.3, 0.4) is 0 Å². The maximum absolute atomic E-state index is 10.6. The van der Waals surface area contributed by atoms with E-state index in [-0.39, 0.29) is 5.56 Å². The molecule has 1 radical (unpaired) electrons. The zero-order valence-corrected chi connectivity index (χ0v) is 6.70. The molecule has 0 aliphatic carbocycles. The minimum atomic E-state index is -1.01. The molecule has 1 aromatic carbocycles. The predicted molar refractivity (Wildman–Crippen MR) is 43.4 cm³/mol. The molecule has 1 rings (SSSR count). The molecular weight excluding hydrogens is 156 g/mol. The fourth-order valence-electron chi connectivity index (χ4n) is 0.864. The van der Waals surface area contributed by atoms with E-state index >= 15 is 0 Å². The van der Waals surface area contributed by atoms with Crippen molar-refractivity contribution < 1.29 is 14.6 Å². The van der Waals surface area contributed by atoms with Crippen molar-refractivity contribution in [1.29, 1.82) is 0 Å². The van der Waals surface area contributed by atoms with E-state index in [0.29, 0.717) is 12.4 Å². The molecule has 0 spiro atoms. The highest BCUT2D eigenvalue weighted by atomic mass is 16.5. The molecule has 0 unspecified atom stereocenters. The quantitative estimate of drug-likeness (QED) is 0.739. The van der Waals surface area contributed by atoms with Crippen LogP contribution in [0.25, 0.3) is 0 Å². The van der Waals surface area contributed by atoms with Crippen LogP contribution in [0.2, 0.25) is 0 Å². The number of benzene rings is 1. The summed E-state index contributed by atoms with van der Waals surface area (Å²) in [5.41, 5.74) is 0.0827. The van der Waals surface area contributed by atoms with E-state index in [4.69, 9.17) is 9.84 Å². The summed E-state index contributed by atoms with van der Waals surface area (Å²) in [6, 6.07) is 7.45. The SMILES string of the molecule is CCOc1ccc[c]c1C(=O)O. The molecule has 0 atom stereocenters. The second kappa shape index (κ2) is 3.76. The van der Waals surface area contributed by atoms with Crippen LogP contribution >= 0.6 is 0 Å². The fourth-order valence-corrected chi connectivity index (χ4v) is 0.864. The molecular formula is C9H9O3. The minimum absolute atomic E-state index is 0.0827. The summed E-state index contributed by atoms with van der Waals surface area (Å²) in [6.45, 7) is 2.26. The zero-order valence-electron chi connectivity index (χ0n) is 6.70. The van der Waals surface area contributed by atoms with Crippen LogP contribution in [-0.4, -0.2) is 17.7 Å². The summed E-state index contributed by atoms with van der Waals surface area (Å²) >= 11 is 0. The van der Waals surface area contributed by atoms with E-state index in [1.165, 1.54) is 0 Å². The van der Waals surface area contributed by atoms with Gasteiger partial charge in [-0.2, -0.15) is 0 Å². The summed E-state index contributed by atoms with van der Waals surface area (Å²) in [5.74, 6) is -0.647. The van der Waals surface area contributed by atoms with Crippen molar-refractivity contribution in [2.75, 3.05) is 6.61 Å². The van der Waals surface area contributed by atoms with Gasteiger partial charge in [0, 0.05) is 6.07 Å². The highest BCUT2D eigenvalue weighted by Gasteiger charge is 2.08. The van der Waals surface area contributed by atoms with E-state index < -0.39 is 5.97 Å². The first-order valence-corrected chi connectivity index (χ1v) is 3.62. The van der Waals surface area contributed by atoms with Gasteiger partial charge in [0.05, 0.1) is 6.61 Å². The maximum atomic E-state index is 10.6. The van der Waals surface area contributed by atoms with Crippen LogP contribution in [0.1, 0.15) is 17.3 Å². The third kappa shape index (κ3) is 1.75. The number of hydrogen-bond donors (Lipinski definition) is 1. The second-order valence-corrected chi connectivity index (χ2v) is 2.15. The first kappa shape index (κ1) is 8.59. The molecule has 0 saturated heterocycles. The lowest BCUT2D eigenvalue weighted by molar-refractivity contribution is 0.0692. The fraction of sp³-hybridized carbons (Fsp3) is 0.222. The summed E-state index contributed by atoms with van der Waals surface area (Å²) in [7, 11) is 0. The van der Waals surface area contributed by atoms with Crippen molar-refractivity contribution in [3.8, 4) is 5.75 Å². The van der Waals surface area contributed by atoms with Crippen molar-refractivity contribution in [2.24, 2.45) is 0 Å². The molecule has 3 heteroatoms. The molecule has 0 aliphatic heterocycles. The smallest absolute Gasteiger partial charge is 0.340 e. The summed E-state index contributed by atoms with van der Waals surface area (Å²) in [4.78, 5) is 10.6. The Morgan fingerprint density at radius 1 is 1.75 bits per heavy atom. The first-order chi connectivity index (χ1) is 5.75. The number of aromatic carboxylic acids is 1. The Labute approximate surface area is 70.6 Å². The molecule has 0 saturated carbocycles. The van der Waals surface area contributed by atoms with E-state index in [9.17, 15) is 4.79 Å². The Balaban J connectivity index is 3.00. The average molecular weight is 165 g/mol. The van der Waals surface area contributed by atoms with E-state index in [0.717, 1.165) is 0 Å². The molecule has 0 aliphatic rings. The zero-order chi connectivity index (χ0) is 8.97. The largest absolute Gasteiger partial charge is 0.493 e. The standard InChI is InChI=1S/C9H9O3/c1-2-12-8-6-4-3-5-7(8)9(10)11/h3-4,6H,2H2,1H3,(H,10,11). The number of ether oxygens (including phenoxy) is 1. The number of carbonyl (C=O) groups is 1. The van der Waals surface area contributed by atoms with Gasteiger partial charge in [0.2, 0.25) is 0 Å². The molecule has 0 bridgehead atoms. The Kier molecular flexibility index (Phi) is 2.69. The van der Waals surface area contributed by atoms with Crippen LogP contribution in [0.15, 0.2) is 18.2 Å². The molecule has 3 nitrogen and oxygen atoms in total. The third-order valence-electron chi connectivity index (χ3n) is 1.33. The van der Waals surface area contributed by atoms with Gasteiger partial charge in [0.25, 0.3) is 0 Å². The minimum Gasteiger partial charge on any atom is -0.493 e. The van der Waals surface area contributed by atoms with Crippen LogP contribution in [0, 0.1) is 6.07 Å². The number of rotatable bonds is 3. The summed E-state index contributed by atoms with van der Waals surface area (Å²) < 4.78 is 5.09. The van der Waals surface area contributed by atoms with Crippen molar-refractivity contribution >= 4 is 5.97 Å². The van der Waals surface area contributed by atoms with Crippen molar-refractivity contribution in [1.82, 2.24) is 0 Å². The van der Waals surface area contributed by atoms with Gasteiger partial charge in [-0.15, -0.1) is 0 Å². The Hall–Kier alpha value is -1.51. The predicted octanol–water partition coefficient (Wildman–Crippen LogP) is 1.58. The Morgan fingerprint density at radius 3 is 3.08 bits per heavy atom. The molecule has 1 N–H and O–H groups in total. The number of hydrogen-bond acceptors (Lipinski definition) is 2. The van der Waals surface area contributed by atoms with E-state index in [1.807, 2.05) is 0 Å². The molecule has 0 heterocycles. The topological polar surface area (TPSA) is 46.5 Å². The lowest BCUT2D eigenvalue weighted by atomic mass is 10.2. The van der Waals surface area contributed by atoms with Gasteiger partial charge in [0.1, 0.15) is 11.3 Å². The molecule has 0 amide bonds. The van der Waals surface area contributed by atoms with E-state index in [2.05, 4.69) is 6.07 Å². The molecule has 12 heavy (non-hydrogen) atoms. The molecule has 1 aromatic rings. The van der Waals surface area contributed by atoms with Crippen LogP contribution in [0.5, 0.6) is 5.75 Å². The van der Waals surface area contributed by atoms with Gasteiger partial charge in [-0.1, -0.05) is 12.1 Å². The van der Waals surface area contributed by atoms with Gasteiger partial charge < -0.3 is 9.84 Å². The molecule has 0 fully saturated rings. The van der Waals surface area contributed by atoms with Gasteiger partial charge >= 0.3 is 5.97 Å². The Bertz CT molecular complexity index is 281. The number of carboxylic acid groups (broad SMARTS) is 1. The molecule has 63 valence electrons. The van der Waals surface area contributed by atoms with E-state index in [1.54, 1.807) is 25.1 Å². The van der Waals surface area contributed by atoms with Gasteiger partial charge in [-0.3, -0.25) is 0 Å². The summed E-state index contributed by atoms with van der Waals surface area (Å²) in [5, 5.41) is 8.68. The maximum Gasteiger partial charge on any atom is 0.340 e. The second-order valence-electron chi connectivity index (χ2n) is 2.15. The average Bonchev–Trinajstić information content (AvgIpc) is 2.05. The van der Waals surface area contributed by atoms with Crippen LogP contribution in [-0.2, 0) is 0 Å². The van der Waals surface area contributed by atoms with Crippen molar-refractivity contribution in [2.45, 2.75) is 6.92 Å². The summed E-state index contributed by atoms with van der Waals surface area (Å²) in [6.07, 6.45) is 0. The lowest BCUT2D eigenvalue weighted by Gasteiger charge is -2.04. The highest BCUT2D eigenvalue weighted by molar-refractivity contribution is 5.90. The normalized spacial score (nSPS) is 9.42. The van der Waals surface area contributed by atoms with Gasteiger partial charge in [-0.25, -0.2) is 4.79 Å². The number of carboxylic acids is 1. The van der Waals surface area contributed by atoms with Crippen molar-refractivity contribution in [3.63, 3.8) is 0 Å². The Morgan fingerprint density at radius 2 is 2.50 bits per heavy atom. The third-order valence-corrected chi connectivity index (χ3v) is 1.33. The molecule has 0 aromatic heterocycles. The van der Waals surface area contributed by atoms with Gasteiger partial charge in [-0.05, 0) is 13.0 Å². The van der Waals surface area contributed by atoms with Gasteiger partial charge in [0.15, 0.2) is 0 Å². The van der Waals surface area contributed by atoms with Crippen molar-refractivity contribution in [3.05, 3.63) is 29.8 Å². The first-order valence-electron chi connectivity index (χ1n) is 3.62.